The van der Waals surface area contributed by atoms with Gasteiger partial charge in [0.15, 0.2) is 0 Å². The third kappa shape index (κ3) is 10.4. The highest BCUT2D eigenvalue weighted by atomic mass is 14.3. The summed E-state index contributed by atoms with van der Waals surface area (Å²) in [5, 5.41) is 0. The molecule has 0 aromatic heterocycles. The van der Waals surface area contributed by atoms with Crippen LogP contribution in [0.4, 0.5) is 0 Å². The predicted octanol–water partition coefficient (Wildman–Crippen LogP) is 9.83. The van der Waals surface area contributed by atoms with Crippen molar-refractivity contribution in [3.63, 3.8) is 0 Å². The molecule has 0 spiro atoms. The van der Waals surface area contributed by atoms with Gasteiger partial charge in [0, 0.05) is 0 Å². The van der Waals surface area contributed by atoms with E-state index in [1.807, 2.05) is 0 Å². The topological polar surface area (TPSA) is 0 Å². The molecular formula is C34H50. The van der Waals surface area contributed by atoms with E-state index in [1.54, 1.807) is 22.3 Å². The Bertz CT molecular complexity index is 816. The summed E-state index contributed by atoms with van der Waals surface area (Å²) in [7, 11) is 0. The number of hydrogen-bond donors (Lipinski definition) is 0. The quantitative estimate of drug-likeness (QED) is 0.247. The Morgan fingerprint density at radius 3 is 1.59 bits per heavy atom. The standard InChI is InChI=1S/C17H24.C17H26/c1-13-10-16(8-6-14-2-3-14)12-17(11-13)9-7-15-4-5-15;1-2-3-4-7-16-10-6-11-17(14-16)9-5-8-15-12-13-15/h10-12,14-15H,2-9H2,1H3;6,10-11,14-15H,2-5,7-9,12-13H2,1H3. The molecule has 0 heteroatoms. The van der Waals surface area contributed by atoms with E-state index in [0.717, 1.165) is 17.8 Å². The summed E-state index contributed by atoms with van der Waals surface area (Å²) in [6.07, 6.45) is 23.8. The van der Waals surface area contributed by atoms with E-state index in [4.69, 9.17) is 0 Å². The molecule has 0 unspecified atom stereocenters. The van der Waals surface area contributed by atoms with Gasteiger partial charge in [0.05, 0.1) is 0 Å². The molecule has 0 saturated heterocycles. The zero-order valence-electron chi connectivity index (χ0n) is 22.3. The fourth-order valence-corrected chi connectivity index (χ4v) is 5.31. The maximum absolute atomic E-state index is 2.47. The molecule has 0 heterocycles. The first-order chi connectivity index (χ1) is 16.7. The first kappa shape index (κ1) is 25.5. The van der Waals surface area contributed by atoms with Crippen LogP contribution in [0.3, 0.4) is 0 Å². The van der Waals surface area contributed by atoms with Gasteiger partial charge in [0.2, 0.25) is 0 Å². The Hall–Kier alpha value is -1.56. The van der Waals surface area contributed by atoms with Gasteiger partial charge in [-0.05, 0) is 98.3 Å². The van der Waals surface area contributed by atoms with Gasteiger partial charge < -0.3 is 0 Å². The van der Waals surface area contributed by atoms with Crippen molar-refractivity contribution in [2.75, 3.05) is 0 Å². The number of aryl methyl sites for hydroxylation is 5. The van der Waals surface area contributed by atoms with Gasteiger partial charge in [-0.25, -0.2) is 0 Å². The van der Waals surface area contributed by atoms with E-state index in [1.165, 1.54) is 115 Å². The average Bonchev–Trinajstić information content (AvgIpc) is 3.69. The van der Waals surface area contributed by atoms with Gasteiger partial charge in [-0.3, -0.25) is 0 Å². The van der Waals surface area contributed by atoms with Gasteiger partial charge in [0.1, 0.15) is 0 Å². The second kappa shape index (κ2) is 13.5. The van der Waals surface area contributed by atoms with E-state index in [9.17, 15) is 0 Å². The number of unbranched alkanes of at least 4 members (excludes halogenated alkanes) is 2. The lowest BCUT2D eigenvalue weighted by atomic mass is 9.98. The Kier molecular flexibility index (Phi) is 10.1. The van der Waals surface area contributed by atoms with Crippen molar-refractivity contribution in [1.82, 2.24) is 0 Å². The first-order valence-corrected chi connectivity index (χ1v) is 14.8. The second-order valence-electron chi connectivity index (χ2n) is 11.9. The fourth-order valence-electron chi connectivity index (χ4n) is 5.31. The molecule has 3 aliphatic rings. The van der Waals surface area contributed by atoms with Crippen LogP contribution in [0.1, 0.15) is 118 Å². The van der Waals surface area contributed by atoms with Crippen molar-refractivity contribution >= 4 is 0 Å². The molecule has 2 aromatic rings. The van der Waals surface area contributed by atoms with E-state index in [2.05, 4.69) is 56.3 Å². The lowest BCUT2D eigenvalue weighted by molar-refractivity contribution is 0.665. The molecule has 186 valence electrons. The van der Waals surface area contributed by atoms with Gasteiger partial charge in [0.25, 0.3) is 0 Å². The monoisotopic (exact) mass is 458 g/mol. The van der Waals surface area contributed by atoms with Crippen molar-refractivity contribution < 1.29 is 0 Å². The lowest BCUT2D eigenvalue weighted by Crippen LogP contribution is -1.93. The van der Waals surface area contributed by atoms with Crippen molar-refractivity contribution in [2.24, 2.45) is 17.8 Å². The molecule has 0 nitrogen and oxygen atoms in total. The van der Waals surface area contributed by atoms with Crippen LogP contribution in [0, 0.1) is 24.7 Å². The summed E-state index contributed by atoms with van der Waals surface area (Å²) in [6.45, 7) is 4.52. The summed E-state index contributed by atoms with van der Waals surface area (Å²) in [6, 6.07) is 16.5. The average molecular weight is 459 g/mol. The van der Waals surface area contributed by atoms with Crippen molar-refractivity contribution in [3.8, 4) is 0 Å². The van der Waals surface area contributed by atoms with Crippen LogP contribution in [0.15, 0.2) is 42.5 Å². The molecule has 0 amide bonds. The number of rotatable bonds is 14. The third-order valence-corrected chi connectivity index (χ3v) is 8.11. The van der Waals surface area contributed by atoms with Crippen LogP contribution in [0.5, 0.6) is 0 Å². The summed E-state index contributed by atoms with van der Waals surface area (Å²) in [5.41, 5.74) is 7.73. The molecule has 0 aliphatic heterocycles. The molecule has 34 heavy (non-hydrogen) atoms. The Morgan fingerprint density at radius 2 is 1.06 bits per heavy atom. The van der Waals surface area contributed by atoms with Gasteiger partial charge in [-0.15, -0.1) is 0 Å². The predicted molar refractivity (Wildman–Crippen MR) is 149 cm³/mol. The summed E-state index contributed by atoms with van der Waals surface area (Å²) in [5.74, 6) is 3.21. The highest BCUT2D eigenvalue weighted by Gasteiger charge is 2.22. The molecule has 5 rings (SSSR count). The maximum Gasteiger partial charge on any atom is -0.0276 e. The molecule has 0 radical (unpaired) electrons. The zero-order valence-corrected chi connectivity index (χ0v) is 22.3. The first-order valence-electron chi connectivity index (χ1n) is 14.8. The highest BCUT2D eigenvalue weighted by molar-refractivity contribution is 5.30. The normalized spacial score (nSPS) is 17.4. The molecular weight excluding hydrogens is 408 g/mol. The molecule has 3 fully saturated rings. The molecule has 3 aliphatic carbocycles. The minimum atomic E-state index is 1.06. The summed E-state index contributed by atoms with van der Waals surface area (Å²) >= 11 is 0. The SMILES string of the molecule is CCCCCc1cccc(CCCC2CC2)c1.Cc1cc(CCC2CC2)cc(CCC2CC2)c1. The smallest absolute Gasteiger partial charge is 0.0276 e. The minimum absolute atomic E-state index is 1.06. The van der Waals surface area contributed by atoms with Crippen LogP contribution in [-0.2, 0) is 25.7 Å². The van der Waals surface area contributed by atoms with Gasteiger partial charge >= 0.3 is 0 Å². The Morgan fingerprint density at radius 1 is 0.559 bits per heavy atom. The highest BCUT2D eigenvalue weighted by Crippen LogP contribution is 2.35. The van der Waals surface area contributed by atoms with Crippen LogP contribution in [0.2, 0.25) is 0 Å². The largest absolute Gasteiger partial charge is 0.0654 e. The summed E-state index contributed by atoms with van der Waals surface area (Å²) < 4.78 is 0. The van der Waals surface area contributed by atoms with Crippen LogP contribution in [0.25, 0.3) is 0 Å². The van der Waals surface area contributed by atoms with Crippen LogP contribution in [-0.4, -0.2) is 0 Å². The van der Waals surface area contributed by atoms with E-state index in [0.29, 0.717) is 0 Å². The van der Waals surface area contributed by atoms with E-state index < -0.39 is 0 Å². The van der Waals surface area contributed by atoms with Crippen LogP contribution >= 0.6 is 0 Å². The van der Waals surface area contributed by atoms with Crippen molar-refractivity contribution in [1.29, 1.82) is 0 Å². The summed E-state index contributed by atoms with van der Waals surface area (Å²) in [4.78, 5) is 0. The second-order valence-corrected chi connectivity index (χ2v) is 11.9. The minimum Gasteiger partial charge on any atom is -0.0654 e. The number of benzene rings is 2. The third-order valence-electron chi connectivity index (χ3n) is 8.11. The molecule has 2 aromatic carbocycles. The Labute approximate surface area is 211 Å². The van der Waals surface area contributed by atoms with E-state index in [-0.39, 0.29) is 0 Å². The number of hydrogen-bond acceptors (Lipinski definition) is 0. The molecule has 0 bridgehead atoms. The van der Waals surface area contributed by atoms with Gasteiger partial charge in [-0.1, -0.05) is 113 Å². The fraction of sp³-hybridized carbons (Fsp3) is 0.647. The van der Waals surface area contributed by atoms with E-state index >= 15 is 0 Å². The maximum atomic E-state index is 2.47. The zero-order chi connectivity index (χ0) is 23.6. The van der Waals surface area contributed by atoms with Crippen LogP contribution < -0.4 is 0 Å². The molecule has 0 atom stereocenters. The molecule has 3 saturated carbocycles. The van der Waals surface area contributed by atoms with Gasteiger partial charge in [-0.2, -0.15) is 0 Å². The molecule has 0 N–H and O–H groups in total. The lowest BCUT2D eigenvalue weighted by Gasteiger charge is -2.07. The Balaban J connectivity index is 0.000000161. The van der Waals surface area contributed by atoms with Crippen molar-refractivity contribution in [2.45, 2.75) is 123 Å². The van der Waals surface area contributed by atoms with Crippen molar-refractivity contribution in [3.05, 3.63) is 70.3 Å².